The number of carbonyl (C=O) groups is 3. The number of nitrogens with one attached hydrogen (secondary N) is 2. The number of aliphatic hydroxyl groups excluding tert-OH is 1. The molecule has 9 nitrogen and oxygen atoms in total. The number of hydrogen-bond acceptors (Lipinski definition) is 7. The Morgan fingerprint density at radius 3 is 2.61 bits per heavy atom. The van der Waals surface area contributed by atoms with Crippen LogP contribution in [-0.2, 0) is 25.7 Å². The highest BCUT2D eigenvalue weighted by Crippen LogP contribution is 2.04. The lowest BCUT2D eigenvalue weighted by Crippen LogP contribution is -2.43. The van der Waals surface area contributed by atoms with Crippen molar-refractivity contribution in [1.29, 1.82) is 5.26 Å². The number of nitriles is 1. The molecule has 0 saturated heterocycles. The van der Waals surface area contributed by atoms with Crippen molar-refractivity contribution in [2.45, 2.75) is 44.4 Å². The number of nitrogens with zero attached hydrogens (tertiary/aromatic N) is 1. The second-order valence-electron chi connectivity index (χ2n) is 5.99. The number of rotatable bonds is 11. The maximum absolute atomic E-state index is 12.0. The van der Waals surface area contributed by atoms with E-state index in [1.807, 2.05) is 24.3 Å². The summed E-state index contributed by atoms with van der Waals surface area (Å²) < 4.78 is 9.62. The largest absolute Gasteiger partial charge is 0.467 e. The van der Waals surface area contributed by atoms with Crippen molar-refractivity contribution in [3.8, 4) is 6.07 Å². The summed E-state index contributed by atoms with van der Waals surface area (Å²) in [6, 6.07) is 10.2. The van der Waals surface area contributed by atoms with Crippen LogP contribution >= 0.6 is 0 Å². The topological polar surface area (TPSA) is 138 Å². The molecular formula is C19H25N3O6. The number of carbonyl (C=O) groups excluding carboxylic acids is 3. The van der Waals surface area contributed by atoms with E-state index in [0.29, 0.717) is 6.42 Å². The van der Waals surface area contributed by atoms with Crippen LogP contribution in [-0.4, -0.2) is 48.9 Å². The number of ether oxygens (including phenoxy) is 2. The zero-order valence-electron chi connectivity index (χ0n) is 15.7. The molecule has 0 aliphatic rings. The average molecular weight is 391 g/mol. The minimum Gasteiger partial charge on any atom is -0.467 e. The third-order valence-electron chi connectivity index (χ3n) is 3.72. The lowest BCUT2D eigenvalue weighted by molar-refractivity contribution is -0.145. The van der Waals surface area contributed by atoms with E-state index >= 15 is 0 Å². The van der Waals surface area contributed by atoms with Crippen molar-refractivity contribution in [2.75, 3.05) is 13.7 Å². The van der Waals surface area contributed by atoms with Gasteiger partial charge in [0.2, 0.25) is 5.91 Å². The van der Waals surface area contributed by atoms with Gasteiger partial charge in [0.1, 0.15) is 12.6 Å². The number of esters is 1. The van der Waals surface area contributed by atoms with E-state index in [1.165, 1.54) is 7.11 Å². The van der Waals surface area contributed by atoms with Crippen molar-refractivity contribution in [3.05, 3.63) is 35.9 Å². The fraction of sp³-hybridized carbons (Fsp3) is 0.474. The first-order valence-corrected chi connectivity index (χ1v) is 8.83. The van der Waals surface area contributed by atoms with Gasteiger partial charge in [0.05, 0.1) is 25.7 Å². The van der Waals surface area contributed by atoms with Crippen molar-refractivity contribution in [3.63, 3.8) is 0 Å². The molecule has 3 N–H and O–H groups in total. The summed E-state index contributed by atoms with van der Waals surface area (Å²) in [5, 5.41) is 23.3. The molecule has 1 aromatic carbocycles. The predicted molar refractivity (Wildman–Crippen MR) is 98.7 cm³/mol. The number of amides is 2. The molecule has 0 aliphatic heterocycles. The van der Waals surface area contributed by atoms with E-state index in [4.69, 9.17) is 10.00 Å². The van der Waals surface area contributed by atoms with E-state index in [-0.39, 0.29) is 32.4 Å². The van der Waals surface area contributed by atoms with E-state index in [9.17, 15) is 19.5 Å². The zero-order valence-corrected chi connectivity index (χ0v) is 15.7. The molecule has 0 saturated carbocycles. The fourth-order valence-corrected chi connectivity index (χ4v) is 2.29. The number of methoxy groups -OCH3 is 1. The van der Waals surface area contributed by atoms with E-state index in [2.05, 4.69) is 15.4 Å². The molecule has 0 aliphatic carbocycles. The van der Waals surface area contributed by atoms with Gasteiger partial charge in [0.15, 0.2) is 0 Å². The molecule has 1 rings (SSSR count). The SMILES string of the molecule is COC(=O)[C@@H](CCCC#N)NC(=O)C[C@H](O)CNC(=O)OCc1ccccc1. The summed E-state index contributed by atoms with van der Waals surface area (Å²) in [7, 11) is 1.20. The number of unbranched alkanes of at least 4 members (excludes halogenated alkanes) is 1. The Labute approximate surface area is 163 Å². The maximum atomic E-state index is 12.0. The first-order chi connectivity index (χ1) is 13.5. The Hall–Kier alpha value is -3.12. The van der Waals surface area contributed by atoms with Crippen LogP contribution in [0.3, 0.4) is 0 Å². The van der Waals surface area contributed by atoms with Gasteiger partial charge in [-0.3, -0.25) is 4.79 Å². The predicted octanol–water partition coefficient (Wildman–Crippen LogP) is 1.02. The number of hydrogen-bond donors (Lipinski definition) is 3. The molecule has 0 aromatic heterocycles. The average Bonchev–Trinajstić information content (AvgIpc) is 2.70. The molecule has 0 bridgehead atoms. The first-order valence-electron chi connectivity index (χ1n) is 8.83. The zero-order chi connectivity index (χ0) is 20.8. The van der Waals surface area contributed by atoms with Crippen LogP contribution in [0.1, 0.15) is 31.2 Å². The van der Waals surface area contributed by atoms with E-state index in [1.54, 1.807) is 12.1 Å². The molecule has 1 aromatic rings. The summed E-state index contributed by atoms with van der Waals surface area (Å²) in [5.41, 5.74) is 0.822. The number of benzene rings is 1. The van der Waals surface area contributed by atoms with Crippen molar-refractivity contribution < 1.29 is 29.0 Å². The summed E-state index contributed by atoms with van der Waals surface area (Å²) in [6.45, 7) is -0.0921. The van der Waals surface area contributed by atoms with Crippen molar-refractivity contribution >= 4 is 18.0 Å². The van der Waals surface area contributed by atoms with Gasteiger partial charge in [0.25, 0.3) is 0 Å². The van der Waals surface area contributed by atoms with Gasteiger partial charge in [-0.15, -0.1) is 0 Å². The standard InChI is InChI=1S/C19H25N3O6/c1-27-18(25)16(9-5-6-10-20)22-17(24)11-15(23)12-21-19(26)28-13-14-7-3-2-4-8-14/h2-4,7-8,15-16,23H,5-6,9,11-13H2,1H3,(H,21,26)(H,22,24)/t15-,16+/m0/s1. The van der Waals surface area contributed by atoms with Gasteiger partial charge in [-0.25, -0.2) is 9.59 Å². The van der Waals surface area contributed by atoms with Gasteiger partial charge in [-0.05, 0) is 18.4 Å². The lowest BCUT2D eigenvalue weighted by atomic mass is 10.1. The Bertz CT molecular complexity index is 674. The number of aliphatic hydroxyl groups is 1. The normalized spacial score (nSPS) is 12.2. The van der Waals surface area contributed by atoms with Gasteiger partial charge in [-0.2, -0.15) is 5.26 Å². The molecule has 0 fully saturated rings. The summed E-state index contributed by atoms with van der Waals surface area (Å²) >= 11 is 0. The summed E-state index contributed by atoms with van der Waals surface area (Å²) in [5.74, 6) is -1.19. The molecule has 9 heteroatoms. The highest BCUT2D eigenvalue weighted by molar-refractivity contribution is 5.84. The van der Waals surface area contributed by atoms with Crippen LogP contribution < -0.4 is 10.6 Å². The molecular weight excluding hydrogens is 366 g/mol. The summed E-state index contributed by atoms with van der Waals surface area (Å²) in [4.78, 5) is 35.3. The maximum Gasteiger partial charge on any atom is 0.407 e. The lowest BCUT2D eigenvalue weighted by Gasteiger charge is -2.17. The molecule has 28 heavy (non-hydrogen) atoms. The monoisotopic (exact) mass is 391 g/mol. The molecule has 2 amide bonds. The smallest absolute Gasteiger partial charge is 0.407 e. The summed E-state index contributed by atoms with van der Waals surface area (Å²) in [6.07, 6.45) is -1.25. The van der Waals surface area contributed by atoms with Crippen LogP contribution in [0.25, 0.3) is 0 Å². The second kappa shape index (κ2) is 13.1. The van der Waals surface area contributed by atoms with Crippen LogP contribution in [0.15, 0.2) is 30.3 Å². The van der Waals surface area contributed by atoms with Crippen LogP contribution in [0.4, 0.5) is 4.79 Å². The fourth-order valence-electron chi connectivity index (χ4n) is 2.29. The molecule has 0 heterocycles. The van der Waals surface area contributed by atoms with E-state index < -0.39 is 30.1 Å². The van der Waals surface area contributed by atoms with Crippen molar-refractivity contribution in [1.82, 2.24) is 10.6 Å². The quantitative estimate of drug-likeness (QED) is 0.378. The van der Waals surface area contributed by atoms with Crippen molar-refractivity contribution in [2.24, 2.45) is 0 Å². The molecule has 2 atom stereocenters. The minimum atomic E-state index is -1.15. The molecule has 0 radical (unpaired) electrons. The Balaban J connectivity index is 2.32. The highest BCUT2D eigenvalue weighted by atomic mass is 16.5. The minimum absolute atomic E-state index is 0.0900. The molecule has 0 unspecified atom stereocenters. The third kappa shape index (κ3) is 9.54. The molecule has 0 spiro atoms. The van der Waals surface area contributed by atoms with E-state index in [0.717, 1.165) is 5.56 Å². The second-order valence-corrected chi connectivity index (χ2v) is 5.99. The highest BCUT2D eigenvalue weighted by Gasteiger charge is 2.22. The van der Waals surface area contributed by atoms with Gasteiger partial charge in [0, 0.05) is 13.0 Å². The third-order valence-corrected chi connectivity index (χ3v) is 3.72. The Morgan fingerprint density at radius 2 is 1.96 bits per heavy atom. The van der Waals surface area contributed by atoms with Crippen LogP contribution in [0.5, 0.6) is 0 Å². The Kier molecular flexibility index (Phi) is 10.7. The van der Waals surface area contributed by atoms with Crippen LogP contribution in [0.2, 0.25) is 0 Å². The van der Waals surface area contributed by atoms with Gasteiger partial charge < -0.3 is 25.2 Å². The van der Waals surface area contributed by atoms with Crippen LogP contribution in [0, 0.1) is 11.3 Å². The number of alkyl carbamates (subject to hydrolysis) is 1. The van der Waals surface area contributed by atoms with Gasteiger partial charge >= 0.3 is 12.1 Å². The Morgan fingerprint density at radius 1 is 1.25 bits per heavy atom. The first kappa shape index (κ1) is 22.9. The van der Waals surface area contributed by atoms with Gasteiger partial charge in [-0.1, -0.05) is 30.3 Å². The molecule has 152 valence electrons.